The van der Waals surface area contributed by atoms with E-state index in [2.05, 4.69) is 5.32 Å². The maximum absolute atomic E-state index is 13.6. The molecular weight excluding hydrogens is 307 g/mol. The van der Waals surface area contributed by atoms with Crippen LogP contribution < -0.4 is 5.32 Å². The van der Waals surface area contributed by atoms with Crippen LogP contribution >= 0.6 is 11.6 Å². The average Bonchev–Trinajstić information content (AvgIpc) is 2.45. The van der Waals surface area contributed by atoms with Crippen molar-refractivity contribution < 1.29 is 14.3 Å². The lowest BCUT2D eigenvalue weighted by atomic mass is 9.86. The Labute approximate surface area is 135 Å². The predicted molar refractivity (Wildman–Crippen MR) is 85.5 cm³/mol. The molecular formula is C16H22ClFN2O2. The van der Waals surface area contributed by atoms with Crippen LogP contribution in [0.4, 0.5) is 10.1 Å². The fourth-order valence-electron chi connectivity index (χ4n) is 2.89. The highest BCUT2D eigenvalue weighted by molar-refractivity contribution is 6.30. The summed E-state index contributed by atoms with van der Waals surface area (Å²) >= 11 is 5.79. The van der Waals surface area contributed by atoms with E-state index in [-0.39, 0.29) is 30.2 Å². The zero-order valence-electron chi connectivity index (χ0n) is 12.7. The van der Waals surface area contributed by atoms with E-state index in [4.69, 9.17) is 11.6 Å². The van der Waals surface area contributed by atoms with Gasteiger partial charge in [-0.05, 0) is 44.0 Å². The van der Waals surface area contributed by atoms with Gasteiger partial charge >= 0.3 is 0 Å². The van der Waals surface area contributed by atoms with Crippen molar-refractivity contribution in [2.45, 2.75) is 31.8 Å². The third-order valence-corrected chi connectivity index (χ3v) is 4.27. The van der Waals surface area contributed by atoms with Crippen molar-refractivity contribution >= 4 is 23.2 Å². The van der Waals surface area contributed by atoms with Crippen LogP contribution in [0.1, 0.15) is 25.7 Å². The molecule has 1 aromatic carbocycles. The number of aliphatic hydroxyl groups is 1. The summed E-state index contributed by atoms with van der Waals surface area (Å²) < 4.78 is 13.6. The maximum Gasteiger partial charge on any atom is 0.238 e. The van der Waals surface area contributed by atoms with E-state index in [9.17, 15) is 14.3 Å². The number of halogens is 2. The highest BCUT2D eigenvalue weighted by Crippen LogP contribution is 2.25. The number of aliphatic hydroxyl groups excluding tert-OH is 1. The monoisotopic (exact) mass is 328 g/mol. The van der Waals surface area contributed by atoms with Crippen LogP contribution in [0.3, 0.4) is 0 Å². The molecule has 1 amide bonds. The lowest BCUT2D eigenvalue weighted by molar-refractivity contribution is -0.117. The van der Waals surface area contributed by atoms with Crippen LogP contribution in [0.25, 0.3) is 0 Å². The summed E-state index contributed by atoms with van der Waals surface area (Å²) in [6.45, 7) is 0.807. The van der Waals surface area contributed by atoms with Crippen LogP contribution in [0.2, 0.25) is 5.02 Å². The van der Waals surface area contributed by atoms with Gasteiger partial charge in [0.2, 0.25) is 5.91 Å². The molecule has 2 rings (SSSR count). The lowest BCUT2D eigenvalue weighted by Crippen LogP contribution is -2.38. The number of nitrogens with one attached hydrogen (secondary N) is 1. The summed E-state index contributed by atoms with van der Waals surface area (Å²) in [6.07, 6.45) is 3.71. The lowest BCUT2D eigenvalue weighted by Gasteiger charge is -2.30. The number of nitrogens with zero attached hydrogens (tertiary/aromatic N) is 1. The summed E-state index contributed by atoms with van der Waals surface area (Å²) in [5, 5.41) is 12.9. The van der Waals surface area contributed by atoms with Gasteiger partial charge in [0.1, 0.15) is 5.82 Å². The summed E-state index contributed by atoms with van der Waals surface area (Å²) in [6, 6.07) is 4.04. The topological polar surface area (TPSA) is 52.6 Å². The zero-order chi connectivity index (χ0) is 16.1. The number of anilines is 1. The van der Waals surface area contributed by atoms with Crippen LogP contribution in [0.15, 0.2) is 18.2 Å². The van der Waals surface area contributed by atoms with Gasteiger partial charge < -0.3 is 10.4 Å². The number of rotatable bonds is 5. The molecule has 2 atom stereocenters. The molecule has 6 heteroatoms. The molecule has 0 bridgehead atoms. The third kappa shape index (κ3) is 4.93. The van der Waals surface area contributed by atoms with E-state index in [1.807, 2.05) is 11.9 Å². The number of hydrogen-bond donors (Lipinski definition) is 2. The van der Waals surface area contributed by atoms with E-state index in [0.29, 0.717) is 11.6 Å². The second kappa shape index (κ2) is 7.90. The highest BCUT2D eigenvalue weighted by Gasteiger charge is 2.24. The Balaban J connectivity index is 1.84. The summed E-state index contributed by atoms with van der Waals surface area (Å²) in [4.78, 5) is 13.8. The second-order valence-electron chi connectivity index (χ2n) is 5.98. The second-order valence-corrected chi connectivity index (χ2v) is 6.42. The fourth-order valence-corrected chi connectivity index (χ4v) is 3.07. The summed E-state index contributed by atoms with van der Waals surface area (Å²) in [5.41, 5.74) is 0.0867. The molecule has 0 aliphatic heterocycles. The van der Waals surface area contributed by atoms with Gasteiger partial charge in [0.15, 0.2) is 0 Å². The van der Waals surface area contributed by atoms with Crippen molar-refractivity contribution in [3.63, 3.8) is 0 Å². The molecule has 0 radical (unpaired) electrons. The van der Waals surface area contributed by atoms with Crippen molar-refractivity contribution in [2.24, 2.45) is 5.92 Å². The Morgan fingerprint density at radius 1 is 1.45 bits per heavy atom. The van der Waals surface area contributed by atoms with E-state index < -0.39 is 5.82 Å². The summed E-state index contributed by atoms with van der Waals surface area (Å²) in [7, 11) is 1.83. The van der Waals surface area contributed by atoms with Gasteiger partial charge in [-0.2, -0.15) is 0 Å². The molecule has 1 fully saturated rings. The molecule has 2 N–H and O–H groups in total. The first kappa shape index (κ1) is 17.2. The van der Waals surface area contributed by atoms with E-state index >= 15 is 0 Å². The van der Waals surface area contributed by atoms with Gasteiger partial charge in [-0.25, -0.2) is 4.39 Å². The number of amides is 1. The van der Waals surface area contributed by atoms with Crippen molar-refractivity contribution in [1.29, 1.82) is 0 Å². The number of carbonyl (C=O) groups excluding carboxylic acids is 1. The Bertz CT molecular complexity index is 527. The van der Waals surface area contributed by atoms with Gasteiger partial charge in [0, 0.05) is 11.6 Å². The zero-order valence-corrected chi connectivity index (χ0v) is 13.4. The minimum atomic E-state index is -0.511. The summed E-state index contributed by atoms with van der Waals surface area (Å²) in [5.74, 6) is -0.605. The molecule has 22 heavy (non-hydrogen) atoms. The highest BCUT2D eigenvalue weighted by atomic mass is 35.5. The fraction of sp³-hybridized carbons (Fsp3) is 0.562. The quantitative estimate of drug-likeness (QED) is 0.874. The smallest absolute Gasteiger partial charge is 0.238 e. The van der Waals surface area contributed by atoms with Crippen LogP contribution in [-0.2, 0) is 4.79 Å². The van der Waals surface area contributed by atoms with E-state index in [1.165, 1.54) is 18.2 Å². The van der Waals surface area contributed by atoms with E-state index in [1.54, 1.807) is 0 Å². The van der Waals surface area contributed by atoms with E-state index in [0.717, 1.165) is 25.7 Å². The number of carbonyl (C=O) groups is 1. The Morgan fingerprint density at radius 3 is 2.91 bits per heavy atom. The molecule has 4 nitrogen and oxygen atoms in total. The van der Waals surface area contributed by atoms with Crippen LogP contribution in [-0.4, -0.2) is 42.2 Å². The largest absolute Gasteiger partial charge is 0.393 e. The molecule has 2 unspecified atom stereocenters. The molecule has 0 saturated heterocycles. The first-order valence-corrected chi connectivity index (χ1v) is 7.95. The van der Waals surface area contributed by atoms with Crippen LogP contribution in [0, 0.1) is 11.7 Å². The van der Waals surface area contributed by atoms with Gasteiger partial charge in [-0.3, -0.25) is 9.69 Å². The first-order chi connectivity index (χ1) is 10.5. The molecule has 0 spiro atoms. The normalized spacial score (nSPS) is 21.9. The average molecular weight is 329 g/mol. The molecule has 1 aliphatic carbocycles. The molecule has 1 aliphatic rings. The Morgan fingerprint density at radius 2 is 2.18 bits per heavy atom. The van der Waals surface area contributed by atoms with Gasteiger partial charge in [-0.1, -0.05) is 24.4 Å². The Kier molecular flexibility index (Phi) is 6.17. The maximum atomic E-state index is 13.6. The third-order valence-electron chi connectivity index (χ3n) is 4.03. The standard InChI is InChI=1S/C16H22ClFN2O2/c1-20(9-11-4-2-3-5-15(11)21)10-16(22)19-14-8-12(17)6-7-13(14)18/h6-8,11,15,21H,2-5,9-10H2,1H3,(H,19,22). The molecule has 1 saturated carbocycles. The SMILES string of the molecule is CN(CC(=O)Nc1cc(Cl)ccc1F)CC1CCCCC1O. The minimum Gasteiger partial charge on any atom is -0.393 e. The van der Waals surface area contributed by atoms with Gasteiger partial charge in [-0.15, -0.1) is 0 Å². The van der Waals surface area contributed by atoms with Crippen molar-refractivity contribution in [2.75, 3.05) is 25.5 Å². The van der Waals surface area contributed by atoms with Crippen LogP contribution in [0.5, 0.6) is 0 Å². The minimum absolute atomic E-state index is 0.0867. The first-order valence-electron chi connectivity index (χ1n) is 7.57. The van der Waals surface area contributed by atoms with Gasteiger partial charge in [0.25, 0.3) is 0 Å². The Hall–Kier alpha value is -1.17. The molecule has 1 aromatic rings. The predicted octanol–water partition coefficient (Wildman–Crippen LogP) is 2.90. The van der Waals surface area contributed by atoms with Crippen molar-refractivity contribution in [3.8, 4) is 0 Å². The number of likely N-dealkylation sites (N-methyl/N-ethyl adjacent to an activating group) is 1. The number of benzene rings is 1. The molecule has 122 valence electrons. The van der Waals surface area contributed by atoms with Gasteiger partial charge in [0.05, 0.1) is 18.3 Å². The van der Waals surface area contributed by atoms with Crippen molar-refractivity contribution in [1.82, 2.24) is 4.90 Å². The van der Waals surface area contributed by atoms with Crippen molar-refractivity contribution in [3.05, 3.63) is 29.0 Å². The molecule has 0 heterocycles. The number of hydrogen-bond acceptors (Lipinski definition) is 3. The molecule has 0 aromatic heterocycles.